The highest BCUT2D eigenvalue weighted by Crippen LogP contribution is 2.29. The van der Waals surface area contributed by atoms with Crippen LogP contribution in [0.15, 0.2) is 54.7 Å². The van der Waals surface area contributed by atoms with Crippen LogP contribution in [-0.2, 0) is 42.8 Å². The van der Waals surface area contributed by atoms with Crippen molar-refractivity contribution in [3.63, 3.8) is 0 Å². The highest BCUT2D eigenvalue weighted by atomic mass is 35.5. The third-order valence-corrected chi connectivity index (χ3v) is 12.6. The summed E-state index contributed by atoms with van der Waals surface area (Å²) in [6.07, 6.45) is 6.77. The quantitative estimate of drug-likeness (QED) is 0.0329. The molecule has 4 N–H and O–H groups in total. The molecule has 0 spiro atoms. The first-order chi connectivity index (χ1) is 34.1. The molecule has 0 radical (unpaired) electrons. The number of piperazine rings is 1. The van der Waals surface area contributed by atoms with E-state index >= 15 is 0 Å². The van der Waals surface area contributed by atoms with Crippen molar-refractivity contribution >= 4 is 74.7 Å². The van der Waals surface area contributed by atoms with Crippen molar-refractivity contribution in [1.29, 1.82) is 0 Å². The van der Waals surface area contributed by atoms with Crippen LogP contribution in [0.3, 0.4) is 0 Å². The van der Waals surface area contributed by atoms with Gasteiger partial charge >= 0.3 is 0 Å². The van der Waals surface area contributed by atoms with Crippen LogP contribution in [0.1, 0.15) is 71.1 Å². The first-order valence-electron chi connectivity index (χ1n) is 23.9. The van der Waals surface area contributed by atoms with Crippen molar-refractivity contribution in [3.8, 4) is 0 Å². The van der Waals surface area contributed by atoms with Gasteiger partial charge in [0.15, 0.2) is 5.13 Å². The maximum atomic E-state index is 12.9. The Hall–Kier alpha value is -5.16. The second-order valence-corrected chi connectivity index (χ2v) is 18.2. The zero-order chi connectivity index (χ0) is 49.3. The maximum absolute atomic E-state index is 12.9. The number of piperidine rings is 1. The number of imide groups is 1. The topological polar surface area (TPSA) is 217 Å². The van der Waals surface area contributed by atoms with E-state index in [0.717, 1.165) is 75.5 Å². The molecule has 4 aromatic rings. The molecule has 6 rings (SSSR count). The number of para-hydroxylation sites is 1. The Bertz CT molecular complexity index is 2260. The number of carbonyl (C=O) groups is 4. The van der Waals surface area contributed by atoms with E-state index in [2.05, 4.69) is 41.0 Å². The minimum absolute atomic E-state index is 0.133. The van der Waals surface area contributed by atoms with Crippen LogP contribution in [0.4, 0.5) is 28.1 Å². The molecule has 1 unspecified atom stereocenters. The predicted octanol–water partition coefficient (Wildman–Crippen LogP) is 6.14. The van der Waals surface area contributed by atoms with E-state index in [1.54, 1.807) is 30.5 Å². The monoisotopic (exact) mass is 1010 g/mol. The number of hydrogen-bond donors (Lipinski definition) is 4. The first-order valence-corrected chi connectivity index (χ1v) is 25.1. The number of halogens is 1. The largest absolute Gasteiger partial charge is 0.379 e. The smallest absolute Gasteiger partial charge is 0.267 e. The first kappa shape index (κ1) is 54.2. The number of amides is 4. The molecule has 0 saturated carbocycles. The van der Waals surface area contributed by atoms with E-state index < -0.39 is 5.92 Å². The highest BCUT2D eigenvalue weighted by molar-refractivity contribution is 7.17. The van der Waals surface area contributed by atoms with E-state index in [-0.39, 0.29) is 43.3 Å². The molecule has 0 aliphatic carbocycles. The van der Waals surface area contributed by atoms with Crippen molar-refractivity contribution in [3.05, 3.63) is 81.6 Å². The molecule has 2 aliphatic rings. The number of carbonyl (C=O) groups excluding carboxylic acids is 4. The molecule has 70 heavy (non-hydrogen) atoms. The summed E-state index contributed by atoms with van der Waals surface area (Å²) in [5.41, 5.74) is 2.78. The lowest BCUT2D eigenvalue weighted by Crippen LogP contribution is -2.47. The van der Waals surface area contributed by atoms with Gasteiger partial charge in [-0.05, 0) is 69.0 Å². The summed E-state index contributed by atoms with van der Waals surface area (Å²) in [6.45, 7) is 13.5. The fourth-order valence-electron chi connectivity index (χ4n) is 7.69. The third-order valence-electron chi connectivity index (χ3n) is 11.4. The van der Waals surface area contributed by atoms with Gasteiger partial charge in [0.1, 0.15) is 28.9 Å². The number of rotatable bonds is 31. The fraction of sp³-hybridized carbons (Fsp3) is 0.531. The summed E-state index contributed by atoms with van der Waals surface area (Å²) in [5.74, 6) is 0.572. The summed E-state index contributed by atoms with van der Waals surface area (Å²) in [7, 11) is 0. The Morgan fingerprint density at radius 1 is 0.771 bits per heavy atom. The number of nitrogens with one attached hydrogen (secondary N) is 4. The van der Waals surface area contributed by atoms with Crippen molar-refractivity contribution in [1.82, 2.24) is 25.2 Å². The molecule has 4 heterocycles. The lowest BCUT2D eigenvalue weighted by molar-refractivity contribution is -0.134. The van der Waals surface area contributed by atoms with E-state index in [4.69, 9.17) is 45.0 Å². The summed E-state index contributed by atoms with van der Waals surface area (Å²) >= 11 is 7.54. The molecule has 21 heteroatoms. The number of aryl methyl sites for hydroxylation is 2. The number of ether oxygens (including phenoxy) is 6. The van der Waals surface area contributed by atoms with Gasteiger partial charge in [0.25, 0.3) is 5.91 Å². The molecule has 2 saturated heterocycles. The number of anilines is 5. The molecule has 2 fully saturated rings. The zero-order valence-corrected chi connectivity index (χ0v) is 41.7. The summed E-state index contributed by atoms with van der Waals surface area (Å²) in [6, 6.07) is 14.5. The van der Waals surface area contributed by atoms with Crippen LogP contribution in [-0.4, -0.2) is 155 Å². The molecule has 0 bridgehead atoms. The number of thiazole rings is 1. The number of nitrogens with zero attached hydrogens (tertiary/aromatic N) is 5. The lowest BCUT2D eigenvalue weighted by atomic mass is 9.90. The van der Waals surface area contributed by atoms with Crippen LogP contribution in [0.25, 0.3) is 0 Å². The third kappa shape index (κ3) is 18.9. The van der Waals surface area contributed by atoms with E-state index in [0.29, 0.717) is 104 Å². The van der Waals surface area contributed by atoms with Gasteiger partial charge in [-0.3, -0.25) is 29.4 Å². The number of benzene rings is 2. The molecule has 19 nitrogen and oxygen atoms in total. The Morgan fingerprint density at radius 2 is 1.43 bits per heavy atom. The van der Waals surface area contributed by atoms with Crippen molar-refractivity contribution < 1.29 is 47.6 Å². The maximum Gasteiger partial charge on any atom is 0.267 e. The van der Waals surface area contributed by atoms with E-state index in [9.17, 15) is 19.2 Å². The molecular formula is C49H66ClN9O10S. The van der Waals surface area contributed by atoms with Crippen molar-refractivity contribution in [2.24, 2.45) is 0 Å². The molecule has 2 aliphatic heterocycles. The van der Waals surface area contributed by atoms with Gasteiger partial charge < -0.3 is 49.3 Å². The van der Waals surface area contributed by atoms with Gasteiger partial charge in [-0.2, -0.15) is 0 Å². The van der Waals surface area contributed by atoms with Crippen LogP contribution in [0.2, 0.25) is 5.02 Å². The van der Waals surface area contributed by atoms with E-state index in [1.807, 2.05) is 38.1 Å². The van der Waals surface area contributed by atoms with Gasteiger partial charge in [-0.15, -0.1) is 0 Å². The van der Waals surface area contributed by atoms with Gasteiger partial charge in [-0.1, -0.05) is 60.0 Å². The summed E-state index contributed by atoms with van der Waals surface area (Å²) in [4.78, 5) is 67.8. The Labute approximate surface area is 418 Å². The van der Waals surface area contributed by atoms with Gasteiger partial charge in [0, 0.05) is 51.0 Å². The summed E-state index contributed by atoms with van der Waals surface area (Å²) < 4.78 is 33.3. The van der Waals surface area contributed by atoms with Gasteiger partial charge in [0.05, 0.1) is 88.9 Å². The molecule has 1 atom stereocenters. The Balaban J connectivity index is 0.680. The lowest BCUT2D eigenvalue weighted by Gasteiger charge is -2.35. The fourth-order valence-corrected chi connectivity index (χ4v) is 8.68. The standard InChI is InChI=1S/C49H66ClN9O10S/c1-35-9-7-12-40(50)46(35)57-48(63)41-33-51-49(70-41)55-42-32-43(53-36(2)52-42)59-18-16-58(17-19-59)15-5-3-4-6-20-64-21-22-65-23-24-66-25-26-67-27-28-68-29-30-69-34-45(61)54-38-11-8-10-37(31-38)39-13-14-44(60)56-47(39)62/h7-12,31-33,39H,3-6,13-30,34H2,1-2H3,(H,54,61)(H,57,63)(H,56,60,62)(H,51,52,53,55). The molecule has 4 amide bonds. The average Bonchev–Trinajstić information content (AvgIpc) is 3.81. The van der Waals surface area contributed by atoms with Crippen LogP contribution in [0.5, 0.6) is 0 Å². The minimum Gasteiger partial charge on any atom is -0.379 e. The highest BCUT2D eigenvalue weighted by Gasteiger charge is 2.28. The average molecular weight is 1010 g/mol. The second-order valence-electron chi connectivity index (χ2n) is 16.7. The SMILES string of the molecule is Cc1nc(Nc2ncc(C(=O)Nc3c(C)cccc3Cl)s2)cc(N2CCN(CCCCCCOCCOCCOCCOCCOCCOCC(=O)Nc3cccc(C4CCC(=O)NC4=O)c3)CC2)n1. The van der Waals surface area contributed by atoms with E-state index in [1.165, 1.54) is 17.8 Å². The number of aromatic nitrogens is 3. The Kier molecular flexibility index (Phi) is 23.1. The van der Waals surface area contributed by atoms with Crippen LogP contribution in [0, 0.1) is 13.8 Å². The minimum atomic E-state index is -0.420. The number of hydrogen-bond acceptors (Lipinski definition) is 17. The zero-order valence-electron chi connectivity index (χ0n) is 40.1. The molecular weight excluding hydrogens is 942 g/mol. The second kappa shape index (κ2) is 29.9. The van der Waals surface area contributed by atoms with Crippen LogP contribution < -0.4 is 26.2 Å². The molecule has 2 aromatic carbocycles. The summed E-state index contributed by atoms with van der Waals surface area (Å²) in [5, 5.41) is 12.3. The van der Waals surface area contributed by atoms with Gasteiger partial charge in [0.2, 0.25) is 17.7 Å². The van der Waals surface area contributed by atoms with Gasteiger partial charge in [-0.25, -0.2) is 15.0 Å². The van der Waals surface area contributed by atoms with Crippen molar-refractivity contribution in [2.45, 2.75) is 58.3 Å². The van der Waals surface area contributed by atoms with Crippen molar-refractivity contribution in [2.75, 3.05) is 133 Å². The molecule has 380 valence electrons. The Morgan fingerprint density at radius 3 is 2.11 bits per heavy atom. The predicted molar refractivity (Wildman–Crippen MR) is 269 cm³/mol. The van der Waals surface area contributed by atoms with Crippen LogP contribution >= 0.6 is 22.9 Å². The number of unbranched alkanes of at least 4 members (excludes halogenated alkanes) is 3. The normalized spacial score (nSPS) is 15.2. The molecule has 2 aromatic heterocycles.